The van der Waals surface area contributed by atoms with Crippen LogP contribution in [0, 0.1) is 0 Å². The Morgan fingerprint density at radius 1 is 1.09 bits per heavy atom. The van der Waals surface area contributed by atoms with Crippen molar-refractivity contribution in [3.63, 3.8) is 0 Å². The number of anilines is 2. The van der Waals surface area contributed by atoms with Gasteiger partial charge in [0.15, 0.2) is 5.76 Å². The first kappa shape index (κ1) is 21.9. The van der Waals surface area contributed by atoms with Crippen LogP contribution in [0.5, 0.6) is 0 Å². The van der Waals surface area contributed by atoms with Gasteiger partial charge in [0, 0.05) is 49.0 Å². The van der Waals surface area contributed by atoms with Crippen LogP contribution in [0.4, 0.5) is 16.3 Å². The number of aromatic amines is 1. The van der Waals surface area contributed by atoms with Crippen molar-refractivity contribution in [3.05, 3.63) is 54.7 Å². The number of nitrogen functional groups attached to an aromatic ring is 1. The normalized spacial score (nSPS) is 14.6. The van der Waals surface area contributed by atoms with Crippen LogP contribution in [0.25, 0.3) is 33.7 Å². The molecule has 8 heteroatoms. The minimum atomic E-state index is -0.501. The first-order valence-corrected chi connectivity index (χ1v) is 11.4. The Kier molecular flexibility index (Phi) is 5.43. The fourth-order valence-corrected chi connectivity index (χ4v) is 4.16. The van der Waals surface area contributed by atoms with Crippen molar-refractivity contribution in [2.24, 2.45) is 0 Å². The predicted molar refractivity (Wildman–Crippen MR) is 134 cm³/mol. The second-order valence-corrected chi connectivity index (χ2v) is 9.52. The molecule has 34 heavy (non-hydrogen) atoms. The maximum atomic E-state index is 12.4. The number of hydrogen-bond donors (Lipinski definition) is 2. The SMILES string of the molecule is CC(C)(C)OC(=O)N1CCN(c2[nH]c(-c3ccnc(-c4cc5ccccc5o4)c3)cc2N)CC1. The Balaban J connectivity index is 1.32. The van der Waals surface area contributed by atoms with Gasteiger partial charge in [-0.3, -0.25) is 4.98 Å². The highest BCUT2D eigenvalue weighted by molar-refractivity contribution is 5.83. The molecule has 0 radical (unpaired) electrons. The highest BCUT2D eigenvalue weighted by Gasteiger charge is 2.27. The summed E-state index contributed by atoms with van der Waals surface area (Å²) >= 11 is 0. The third-order valence-corrected chi connectivity index (χ3v) is 5.82. The summed E-state index contributed by atoms with van der Waals surface area (Å²) in [6.07, 6.45) is 1.50. The smallest absolute Gasteiger partial charge is 0.410 e. The number of H-pyrrole nitrogens is 1. The molecule has 176 valence electrons. The summed E-state index contributed by atoms with van der Waals surface area (Å²) in [4.78, 5) is 24.2. The van der Waals surface area contributed by atoms with Crippen molar-refractivity contribution in [1.82, 2.24) is 14.9 Å². The zero-order valence-electron chi connectivity index (χ0n) is 19.7. The van der Waals surface area contributed by atoms with Gasteiger partial charge >= 0.3 is 6.09 Å². The van der Waals surface area contributed by atoms with Crippen LogP contribution in [0.15, 0.2) is 59.1 Å². The molecule has 1 aliphatic rings. The number of rotatable bonds is 3. The summed E-state index contributed by atoms with van der Waals surface area (Å²) in [7, 11) is 0. The number of carbonyl (C=O) groups excluding carboxylic acids is 1. The van der Waals surface area contributed by atoms with Gasteiger partial charge in [-0.1, -0.05) is 18.2 Å². The second kappa shape index (κ2) is 8.44. The molecule has 0 aliphatic carbocycles. The van der Waals surface area contributed by atoms with Gasteiger partial charge in [-0.15, -0.1) is 0 Å². The maximum Gasteiger partial charge on any atom is 0.410 e. The lowest BCUT2D eigenvalue weighted by atomic mass is 10.1. The van der Waals surface area contributed by atoms with Crippen LogP contribution in [-0.4, -0.2) is 52.7 Å². The number of furan rings is 1. The Bertz CT molecular complexity index is 1290. The van der Waals surface area contributed by atoms with Crippen molar-refractivity contribution in [2.45, 2.75) is 26.4 Å². The lowest BCUT2D eigenvalue weighted by molar-refractivity contribution is 0.0240. The second-order valence-electron chi connectivity index (χ2n) is 9.52. The number of pyridine rings is 1. The molecule has 0 spiro atoms. The van der Waals surface area contributed by atoms with Crippen molar-refractivity contribution in [3.8, 4) is 22.7 Å². The Labute approximate surface area is 198 Å². The van der Waals surface area contributed by atoms with E-state index in [4.69, 9.17) is 14.9 Å². The minimum Gasteiger partial charge on any atom is -0.454 e. The largest absolute Gasteiger partial charge is 0.454 e. The molecule has 1 saturated heterocycles. The molecule has 1 aliphatic heterocycles. The van der Waals surface area contributed by atoms with Crippen LogP contribution in [0.2, 0.25) is 0 Å². The number of fused-ring (bicyclic) bond motifs is 1. The molecule has 0 unspecified atom stereocenters. The van der Waals surface area contributed by atoms with E-state index in [9.17, 15) is 4.79 Å². The molecule has 3 aromatic heterocycles. The third kappa shape index (κ3) is 4.44. The van der Waals surface area contributed by atoms with Gasteiger partial charge in [0.1, 0.15) is 22.7 Å². The van der Waals surface area contributed by atoms with Crippen molar-refractivity contribution >= 4 is 28.6 Å². The Morgan fingerprint density at radius 2 is 1.85 bits per heavy atom. The molecule has 3 N–H and O–H groups in total. The molecule has 1 fully saturated rings. The monoisotopic (exact) mass is 459 g/mol. The molecular weight excluding hydrogens is 430 g/mol. The number of ether oxygens (including phenoxy) is 1. The number of nitrogens with one attached hydrogen (secondary N) is 1. The average molecular weight is 460 g/mol. The molecule has 1 aromatic carbocycles. The van der Waals surface area contributed by atoms with E-state index in [1.807, 2.05) is 69.3 Å². The summed E-state index contributed by atoms with van der Waals surface area (Å²) < 4.78 is 11.5. The topological polar surface area (TPSA) is 101 Å². The number of para-hydroxylation sites is 1. The lowest BCUT2D eigenvalue weighted by Crippen LogP contribution is -2.50. The predicted octanol–water partition coefficient (Wildman–Crippen LogP) is 5.13. The lowest BCUT2D eigenvalue weighted by Gasteiger charge is -2.36. The van der Waals surface area contributed by atoms with Crippen molar-refractivity contribution in [2.75, 3.05) is 36.8 Å². The maximum absolute atomic E-state index is 12.4. The van der Waals surface area contributed by atoms with E-state index in [1.165, 1.54) is 0 Å². The van der Waals surface area contributed by atoms with E-state index in [0.717, 1.165) is 39.5 Å². The summed E-state index contributed by atoms with van der Waals surface area (Å²) in [5, 5.41) is 1.04. The number of nitrogens with zero attached hydrogens (tertiary/aromatic N) is 3. The van der Waals surface area contributed by atoms with Crippen LogP contribution in [0.1, 0.15) is 20.8 Å². The van der Waals surface area contributed by atoms with E-state index in [0.29, 0.717) is 31.9 Å². The summed E-state index contributed by atoms with van der Waals surface area (Å²) in [6.45, 7) is 8.12. The molecular formula is C26H29N5O3. The van der Waals surface area contributed by atoms with E-state index in [-0.39, 0.29) is 6.09 Å². The van der Waals surface area contributed by atoms with Gasteiger partial charge < -0.3 is 29.7 Å². The van der Waals surface area contributed by atoms with Gasteiger partial charge in [-0.05, 0) is 51.1 Å². The Hall–Kier alpha value is -3.94. The molecule has 0 saturated carbocycles. The molecule has 5 rings (SSSR count). The molecule has 0 atom stereocenters. The fraction of sp³-hybridized carbons (Fsp3) is 0.308. The standard InChI is InChI=1S/C26H29N5O3/c1-26(2,3)34-25(32)31-12-10-30(11-13-31)24-19(27)16-20(29-24)17-8-9-28-21(14-17)23-15-18-6-4-5-7-22(18)33-23/h4-9,14-16,29H,10-13,27H2,1-3H3. The molecule has 4 heterocycles. The van der Waals surface area contributed by atoms with Gasteiger partial charge in [0.2, 0.25) is 0 Å². The number of carbonyl (C=O) groups is 1. The van der Waals surface area contributed by atoms with Gasteiger partial charge in [0.05, 0.1) is 5.69 Å². The van der Waals surface area contributed by atoms with Gasteiger partial charge in [-0.2, -0.15) is 0 Å². The quantitative estimate of drug-likeness (QED) is 0.441. The first-order chi connectivity index (χ1) is 16.3. The fourth-order valence-electron chi connectivity index (χ4n) is 4.16. The van der Waals surface area contributed by atoms with Crippen LogP contribution in [-0.2, 0) is 4.74 Å². The van der Waals surface area contributed by atoms with Gasteiger partial charge in [-0.25, -0.2) is 4.79 Å². The summed E-state index contributed by atoms with van der Waals surface area (Å²) in [6, 6.07) is 15.8. The van der Waals surface area contributed by atoms with Crippen LogP contribution >= 0.6 is 0 Å². The number of amides is 1. The summed E-state index contributed by atoms with van der Waals surface area (Å²) in [5.74, 6) is 1.59. The average Bonchev–Trinajstić information content (AvgIpc) is 3.42. The van der Waals surface area contributed by atoms with E-state index in [2.05, 4.69) is 14.9 Å². The molecule has 1 amide bonds. The number of piperazine rings is 1. The minimum absolute atomic E-state index is 0.276. The number of nitrogens with two attached hydrogens (primary N) is 1. The number of hydrogen-bond acceptors (Lipinski definition) is 6. The van der Waals surface area contributed by atoms with Crippen LogP contribution in [0.3, 0.4) is 0 Å². The van der Waals surface area contributed by atoms with E-state index >= 15 is 0 Å². The van der Waals surface area contributed by atoms with E-state index < -0.39 is 5.60 Å². The van der Waals surface area contributed by atoms with E-state index in [1.54, 1.807) is 11.1 Å². The third-order valence-electron chi connectivity index (χ3n) is 5.82. The van der Waals surface area contributed by atoms with Gasteiger partial charge in [0.25, 0.3) is 0 Å². The zero-order chi connectivity index (χ0) is 23.9. The number of aromatic nitrogens is 2. The molecule has 4 aromatic rings. The molecule has 8 nitrogen and oxygen atoms in total. The highest BCUT2D eigenvalue weighted by atomic mass is 16.6. The molecule has 0 bridgehead atoms. The van der Waals surface area contributed by atoms with Crippen molar-refractivity contribution < 1.29 is 13.9 Å². The first-order valence-electron chi connectivity index (χ1n) is 11.4. The zero-order valence-corrected chi connectivity index (χ0v) is 19.7. The van der Waals surface area contributed by atoms with Crippen LogP contribution < -0.4 is 10.6 Å². The Morgan fingerprint density at radius 3 is 2.59 bits per heavy atom. The van der Waals surface area contributed by atoms with Crippen molar-refractivity contribution in [1.29, 1.82) is 0 Å². The number of benzene rings is 1. The summed E-state index contributed by atoms with van der Waals surface area (Å²) in [5.41, 5.74) is 10.0. The highest BCUT2D eigenvalue weighted by Crippen LogP contribution is 2.33.